The molecule has 4 heterocycles. The van der Waals surface area contributed by atoms with Crippen molar-refractivity contribution in [2.45, 2.75) is 32.3 Å². The molecule has 2 N–H and O–H groups in total. The average Bonchev–Trinajstić information content (AvgIpc) is 3.00. The number of hydrogen-bond donors (Lipinski definition) is 2. The molecule has 140 valence electrons. The van der Waals surface area contributed by atoms with Crippen LogP contribution in [0.25, 0.3) is 5.65 Å². The fourth-order valence-electron chi connectivity index (χ4n) is 4.50. The number of aromatic nitrogens is 3. The highest BCUT2D eigenvalue weighted by Crippen LogP contribution is 2.38. The molecule has 2 aromatic heterocycles. The van der Waals surface area contributed by atoms with Crippen molar-refractivity contribution < 1.29 is 9.90 Å². The summed E-state index contributed by atoms with van der Waals surface area (Å²) in [6, 6.07) is 1.76. The summed E-state index contributed by atoms with van der Waals surface area (Å²) < 4.78 is 1.31. The Labute approximate surface area is 151 Å². The van der Waals surface area contributed by atoms with Crippen LogP contribution in [0.2, 0.25) is 0 Å². The van der Waals surface area contributed by atoms with E-state index in [1.165, 1.54) is 10.7 Å². The van der Waals surface area contributed by atoms with Crippen LogP contribution in [-0.4, -0.2) is 74.7 Å². The summed E-state index contributed by atoms with van der Waals surface area (Å²) in [6.45, 7) is 4.55. The Hall–Kier alpha value is -2.19. The minimum Gasteiger partial charge on any atom is -0.392 e. The number of carbonyl (C=O) groups excluding carboxylic acids is 1. The number of likely N-dealkylation sites (tertiary alicyclic amines) is 2. The van der Waals surface area contributed by atoms with Gasteiger partial charge in [-0.25, -0.2) is 9.50 Å². The van der Waals surface area contributed by atoms with Gasteiger partial charge in [0.25, 0.3) is 11.5 Å². The molecule has 8 nitrogen and oxygen atoms in total. The van der Waals surface area contributed by atoms with E-state index in [0.29, 0.717) is 18.7 Å². The lowest BCUT2D eigenvalue weighted by molar-refractivity contribution is -0.0731. The Bertz CT molecular complexity index is 904. The maximum atomic E-state index is 13.0. The number of rotatable bonds is 1. The zero-order valence-corrected chi connectivity index (χ0v) is 15.2. The van der Waals surface area contributed by atoms with Crippen molar-refractivity contribution in [3.05, 3.63) is 33.9 Å². The summed E-state index contributed by atoms with van der Waals surface area (Å²) in [6.07, 6.45) is 3.40. The first-order chi connectivity index (χ1) is 12.4. The monoisotopic (exact) mass is 359 g/mol. The van der Waals surface area contributed by atoms with E-state index in [9.17, 15) is 14.7 Å². The van der Waals surface area contributed by atoms with Crippen LogP contribution in [0.1, 0.15) is 35.3 Å². The second-order valence-electron chi connectivity index (χ2n) is 7.84. The van der Waals surface area contributed by atoms with E-state index >= 15 is 0 Å². The summed E-state index contributed by atoms with van der Waals surface area (Å²) in [5.41, 5.74) is 0.694. The molecule has 2 aromatic rings. The molecule has 0 aliphatic carbocycles. The molecule has 0 unspecified atom stereocenters. The molecule has 0 saturated carbocycles. The number of H-pyrrole nitrogens is 1. The summed E-state index contributed by atoms with van der Waals surface area (Å²) in [5.74, 6) is -0.302. The van der Waals surface area contributed by atoms with Gasteiger partial charge < -0.3 is 14.9 Å². The molecule has 0 aromatic carbocycles. The lowest BCUT2D eigenvalue weighted by atomic mass is 9.71. The fourth-order valence-corrected chi connectivity index (χ4v) is 4.50. The zero-order valence-electron chi connectivity index (χ0n) is 15.2. The Balaban J connectivity index is 1.64. The van der Waals surface area contributed by atoms with Crippen LogP contribution in [0.5, 0.6) is 0 Å². The Morgan fingerprint density at radius 2 is 2.19 bits per heavy atom. The van der Waals surface area contributed by atoms with Gasteiger partial charge in [0.15, 0.2) is 5.65 Å². The van der Waals surface area contributed by atoms with Gasteiger partial charge in [0, 0.05) is 49.6 Å². The van der Waals surface area contributed by atoms with Gasteiger partial charge in [0.05, 0.1) is 6.10 Å². The molecule has 4 rings (SSSR count). The first-order valence-electron chi connectivity index (χ1n) is 9.13. The van der Waals surface area contributed by atoms with Crippen LogP contribution in [0.4, 0.5) is 0 Å². The minimum atomic E-state index is -0.415. The van der Waals surface area contributed by atoms with Crippen molar-refractivity contribution in [1.29, 1.82) is 0 Å². The van der Waals surface area contributed by atoms with Gasteiger partial charge in [-0.15, -0.1) is 0 Å². The van der Waals surface area contributed by atoms with Gasteiger partial charge in [-0.3, -0.25) is 14.7 Å². The van der Waals surface area contributed by atoms with Crippen molar-refractivity contribution in [2.75, 3.05) is 33.2 Å². The van der Waals surface area contributed by atoms with Crippen LogP contribution in [0.15, 0.2) is 17.1 Å². The Morgan fingerprint density at radius 1 is 1.38 bits per heavy atom. The number of nitrogens with zero attached hydrogens (tertiary/aromatic N) is 4. The molecular weight excluding hydrogens is 334 g/mol. The summed E-state index contributed by atoms with van der Waals surface area (Å²) in [5, 5.41) is 13.5. The minimum absolute atomic E-state index is 0.0695. The van der Waals surface area contributed by atoms with E-state index in [2.05, 4.69) is 15.0 Å². The highest BCUT2D eigenvalue weighted by molar-refractivity contribution is 5.93. The molecule has 2 saturated heterocycles. The molecule has 1 amide bonds. The number of hydrogen-bond acceptors (Lipinski definition) is 5. The number of aliphatic hydroxyl groups excluding tert-OH is 1. The van der Waals surface area contributed by atoms with Crippen LogP contribution >= 0.6 is 0 Å². The topological polar surface area (TPSA) is 93.9 Å². The highest BCUT2D eigenvalue weighted by Gasteiger charge is 2.45. The third-order valence-electron chi connectivity index (χ3n) is 5.82. The van der Waals surface area contributed by atoms with Crippen LogP contribution < -0.4 is 5.56 Å². The first kappa shape index (κ1) is 17.2. The molecule has 0 radical (unpaired) electrons. The van der Waals surface area contributed by atoms with Gasteiger partial charge in [0.1, 0.15) is 5.56 Å². The van der Waals surface area contributed by atoms with E-state index < -0.39 is 6.10 Å². The zero-order chi connectivity index (χ0) is 18.5. The van der Waals surface area contributed by atoms with Gasteiger partial charge in [0.2, 0.25) is 0 Å². The molecular formula is C18H25N5O3. The van der Waals surface area contributed by atoms with E-state index in [0.717, 1.165) is 38.0 Å². The van der Waals surface area contributed by atoms with Gasteiger partial charge >= 0.3 is 0 Å². The molecule has 2 fully saturated rings. The van der Waals surface area contributed by atoms with Crippen molar-refractivity contribution >= 4 is 11.6 Å². The predicted octanol–water partition coefficient (Wildman–Crippen LogP) is 0.250. The molecule has 8 heteroatoms. The predicted molar refractivity (Wildman–Crippen MR) is 96.2 cm³/mol. The van der Waals surface area contributed by atoms with Crippen molar-refractivity contribution in [1.82, 2.24) is 24.4 Å². The smallest absolute Gasteiger partial charge is 0.285 e. The summed E-state index contributed by atoms with van der Waals surface area (Å²) in [4.78, 5) is 33.9. The third kappa shape index (κ3) is 2.73. The standard InChI is InChI=1S/C18H25N5O3/c1-12-8-15-19-9-13(17(26)23(15)20-12)16(25)22-6-3-5-18(11-22)10-21(2)7-4-14(18)24/h8-9,14,20,24H,3-7,10-11H2,1-2H3/t14-,18-/m0/s1. The number of amides is 1. The average molecular weight is 359 g/mol. The number of piperidine rings is 2. The Kier molecular flexibility index (Phi) is 4.11. The number of fused-ring (bicyclic) bond motifs is 1. The van der Waals surface area contributed by atoms with Crippen LogP contribution in [0.3, 0.4) is 0 Å². The number of aryl methyl sites for hydroxylation is 1. The molecule has 2 aliphatic rings. The number of aliphatic hydroxyl groups is 1. The molecule has 1 spiro atoms. The highest BCUT2D eigenvalue weighted by atomic mass is 16.3. The maximum Gasteiger partial charge on any atom is 0.285 e. The second kappa shape index (κ2) is 6.21. The van der Waals surface area contributed by atoms with E-state index in [1.807, 2.05) is 14.0 Å². The number of nitrogens with one attached hydrogen (secondary N) is 1. The van der Waals surface area contributed by atoms with Crippen LogP contribution in [-0.2, 0) is 0 Å². The first-order valence-corrected chi connectivity index (χ1v) is 9.13. The summed E-state index contributed by atoms with van der Waals surface area (Å²) >= 11 is 0. The van der Waals surface area contributed by atoms with E-state index in [1.54, 1.807) is 11.0 Å². The molecule has 26 heavy (non-hydrogen) atoms. The second-order valence-corrected chi connectivity index (χ2v) is 7.84. The van der Waals surface area contributed by atoms with E-state index in [4.69, 9.17) is 0 Å². The van der Waals surface area contributed by atoms with Crippen molar-refractivity contribution in [3.8, 4) is 0 Å². The molecule has 2 atom stereocenters. The SMILES string of the molecule is Cc1cc2ncc(C(=O)N3CCC[C@]4(CN(C)CC[C@@H]4O)C3)c(=O)n2[nH]1. The van der Waals surface area contributed by atoms with Gasteiger partial charge in [-0.1, -0.05) is 0 Å². The quantitative estimate of drug-likeness (QED) is 0.761. The number of aromatic amines is 1. The number of carbonyl (C=O) groups is 1. The maximum absolute atomic E-state index is 13.0. The molecule has 2 aliphatic heterocycles. The van der Waals surface area contributed by atoms with Crippen molar-refractivity contribution in [2.24, 2.45) is 5.41 Å². The lowest BCUT2D eigenvalue weighted by Crippen LogP contribution is -2.59. The Morgan fingerprint density at radius 3 is 3.00 bits per heavy atom. The van der Waals surface area contributed by atoms with Gasteiger partial charge in [-0.2, -0.15) is 0 Å². The lowest BCUT2D eigenvalue weighted by Gasteiger charge is -2.50. The van der Waals surface area contributed by atoms with Crippen molar-refractivity contribution in [3.63, 3.8) is 0 Å². The van der Waals surface area contributed by atoms with E-state index in [-0.39, 0.29) is 22.4 Å². The summed E-state index contributed by atoms with van der Waals surface area (Å²) in [7, 11) is 2.05. The largest absolute Gasteiger partial charge is 0.392 e. The normalized spacial score (nSPS) is 27.3. The van der Waals surface area contributed by atoms with Crippen LogP contribution in [0, 0.1) is 12.3 Å². The molecule has 0 bridgehead atoms. The fraction of sp³-hybridized carbons (Fsp3) is 0.611. The third-order valence-corrected chi connectivity index (χ3v) is 5.82. The van der Waals surface area contributed by atoms with Gasteiger partial charge in [-0.05, 0) is 33.2 Å².